The molecule has 23 heavy (non-hydrogen) atoms. The van der Waals surface area contributed by atoms with Crippen LogP contribution in [0, 0.1) is 0 Å². The molecule has 120 valence electrons. The maximum atomic E-state index is 13.2. The standard InChI is InChI=1S/C18H20ClN3O/c1-12(20)11-22-17-10-13(19)8-9-16(17)21(2)15-7-5-3-4-6-14(15)18(22)23/h3-6,8-10,12H,7,11,20H2,1-2H3/t12-/m0/s1. The van der Waals surface area contributed by atoms with Crippen molar-refractivity contribution in [2.75, 3.05) is 23.4 Å². The number of hydrogen-bond acceptors (Lipinski definition) is 3. The lowest BCUT2D eigenvalue weighted by Crippen LogP contribution is -2.40. The first-order chi connectivity index (χ1) is 11.0. The molecule has 2 N–H and O–H groups in total. The summed E-state index contributed by atoms with van der Waals surface area (Å²) in [6, 6.07) is 5.50. The Labute approximate surface area is 141 Å². The summed E-state index contributed by atoms with van der Waals surface area (Å²) in [7, 11) is 1.98. The van der Waals surface area contributed by atoms with Crippen molar-refractivity contribution in [2.45, 2.75) is 19.4 Å². The largest absolute Gasteiger partial charge is 0.345 e. The summed E-state index contributed by atoms with van der Waals surface area (Å²) in [6.07, 6.45) is 8.51. The van der Waals surface area contributed by atoms with Crippen LogP contribution in [0.25, 0.3) is 0 Å². The van der Waals surface area contributed by atoms with Gasteiger partial charge in [0, 0.05) is 36.8 Å². The molecule has 2 aliphatic rings. The van der Waals surface area contributed by atoms with Crippen molar-refractivity contribution in [3.8, 4) is 0 Å². The Morgan fingerprint density at radius 3 is 2.83 bits per heavy atom. The van der Waals surface area contributed by atoms with Crippen LogP contribution < -0.4 is 15.5 Å². The van der Waals surface area contributed by atoms with Crippen molar-refractivity contribution in [2.24, 2.45) is 5.73 Å². The molecule has 5 heteroatoms. The van der Waals surface area contributed by atoms with Crippen LogP contribution in [-0.4, -0.2) is 25.5 Å². The fourth-order valence-electron chi connectivity index (χ4n) is 2.99. The summed E-state index contributed by atoms with van der Waals surface area (Å²) in [5.41, 5.74) is 9.41. The predicted octanol–water partition coefficient (Wildman–Crippen LogP) is 3.24. The molecular formula is C18H20ClN3O. The molecule has 0 unspecified atom stereocenters. The van der Waals surface area contributed by atoms with Gasteiger partial charge in [-0.25, -0.2) is 0 Å². The Morgan fingerprint density at radius 1 is 1.30 bits per heavy atom. The van der Waals surface area contributed by atoms with E-state index in [1.54, 1.807) is 4.90 Å². The highest BCUT2D eigenvalue weighted by atomic mass is 35.5. The number of carbonyl (C=O) groups excluding carboxylic acids is 1. The Bertz CT molecular complexity index is 734. The number of fused-ring (bicyclic) bond motifs is 1. The number of halogens is 1. The molecule has 0 saturated carbocycles. The monoisotopic (exact) mass is 329 g/mol. The van der Waals surface area contributed by atoms with Crippen molar-refractivity contribution in [3.05, 3.63) is 58.8 Å². The van der Waals surface area contributed by atoms with E-state index in [9.17, 15) is 4.79 Å². The molecule has 3 rings (SSSR count). The van der Waals surface area contributed by atoms with E-state index in [4.69, 9.17) is 17.3 Å². The number of nitrogens with two attached hydrogens (primary N) is 1. The number of anilines is 2. The first-order valence-electron chi connectivity index (χ1n) is 7.66. The molecule has 0 saturated heterocycles. The number of hydrogen-bond donors (Lipinski definition) is 1. The number of carbonyl (C=O) groups is 1. The zero-order valence-electron chi connectivity index (χ0n) is 13.3. The van der Waals surface area contributed by atoms with Gasteiger partial charge in [0.15, 0.2) is 0 Å². The zero-order valence-corrected chi connectivity index (χ0v) is 14.0. The van der Waals surface area contributed by atoms with Crippen LogP contribution in [0.5, 0.6) is 0 Å². The number of benzene rings is 1. The lowest BCUT2D eigenvalue weighted by molar-refractivity contribution is -0.114. The minimum absolute atomic E-state index is 0.0369. The molecule has 4 nitrogen and oxygen atoms in total. The van der Waals surface area contributed by atoms with Crippen LogP contribution in [0.15, 0.2) is 53.8 Å². The molecule has 1 aromatic carbocycles. The highest BCUT2D eigenvalue weighted by molar-refractivity contribution is 6.31. The minimum atomic E-state index is -0.133. The molecule has 0 bridgehead atoms. The van der Waals surface area contributed by atoms with E-state index in [1.807, 2.05) is 50.4 Å². The van der Waals surface area contributed by atoms with Gasteiger partial charge in [0.1, 0.15) is 0 Å². The van der Waals surface area contributed by atoms with E-state index in [2.05, 4.69) is 11.0 Å². The van der Waals surface area contributed by atoms with Gasteiger partial charge in [-0.05, 0) is 31.2 Å². The molecule has 1 amide bonds. The smallest absolute Gasteiger partial charge is 0.260 e. The molecule has 0 radical (unpaired) electrons. The summed E-state index contributed by atoms with van der Waals surface area (Å²) in [6.45, 7) is 2.34. The molecule has 0 fully saturated rings. The minimum Gasteiger partial charge on any atom is -0.345 e. The van der Waals surface area contributed by atoms with E-state index in [1.165, 1.54) is 0 Å². The molecule has 1 heterocycles. The highest BCUT2D eigenvalue weighted by Gasteiger charge is 2.31. The van der Waals surface area contributed by atoms with E-state index in [0.29, 0.717) is 23.6 Å². The van der Waals surface area contributed by atoms with Gasteiger partial charge in [-0.3, -0.25) is 4.79 Å². The van der Waals surface area contributed by atoms with Gasteiger partial charge in [0.05, 0.1) is 16.9 Å². The van der Waals surface area contributed by atoms with Crippen LogP contribution in [0.4, 0.5) is 11.4 Å². The predicted molar refractivity (Wildman–Crippen MR) is 95.8 cm³/mol. The average Bonchev–Trinajstić information content (AvgIpc) is 2.79. The zero-order chi connectivity index (χ0) is 16.6. The SMILES string of the molecule is C[C@H](N)CN1C(=O)C2=C(CC=CC=C2)N(C)c2ccc(Cl)cc21. The number of rotatable bonds is 2. The fourth-order valence-corrected chi connectivity index (χ4v) is 3.16. The molecule has 1 aliphatic heterocycles. The first-order valence-corrected chi connectivity index (χ1v) is 8.04. The maximum absolute atomic E-state index is 13.2. The lowest BCUT2D eigenvalue weighted by Gasteiger charge is -2.27. The second kappa shape index (κ2) is 6.22. The van der Waals surface area contributed by atoms with Crippen LogP contribution >= 0.6 is 11.6 Å². The van der Waals surface area contributed by atoms with E-state index >= 15 is 0 Å². The average molecular weight is 330 g/mol. The van der Waals surface area contributed by atoms with Gasteiger partial charge in [-0.15, -0.1) is 0 Å². The van der Waals surface area contributed by atoms with Gasteiger partial charge in [-0.1, -0.05) is 29.8 Å². The number of allylic oxidation sites excluding steroid dienone is 3. The normalized spacial score (nSPS) is 18.5. The third kappa shape index (κ3) is 2.92. The quantitative estimate of drug-likeness (QED) is 0.906. The van der Waals surface area contributed by atoms with Crippen molar-refractivity contribution in [1.29, 1.82) is 0 Å². The van der Waals surface area contributed by atoms with Gasteiger partial charge < -0.3 is 15.5 Å². The first kappa shape index (κ1) is 15.8. The topological polar surface area (TPSA) is 49.6 Å². The summed E-state index contributed by atoms with van der Waals surface area (Å²) in [4.78, 5) is 17.0. The molecule has 1 aromatic rings. The Kier molecular flexibility index (Phi) is 4.28. The third-order valence-electron chi connectivity index (χ3n) is 4.07. The summed E-state index contributed by atoms with van der Waals surface area (Å²) in [5, 5.41) is 0.604. The van der Waals surface area contributed by atoms with Crippen molar-refractivity contribution in [1.82, 2.24) is 0 Å². The van der Waals surface area contributed by atoms with Crippen LogP contribution in [0.2, 0.25) is 5.02 Å². The van der Waals surface area contributed by atoms with Gasteiger partial charge in [0.2, 0.25) is 0 Å². The van der Waals surface area contributed by atoms with Crippen LogP contribution in [0.3, 0.4) is 0 Å². The number of amides is 1. The van der Waals surface area contributed by atoms with E-state index < -0.39 is 0 Å². The maximum Gasteiger partial charge on any atom is 0.260 e. The van der Waals surface area contributed by atoms with Crippen LogP contribution in [0.1, 0.15) is 13.3 Å². The fraction of sp³-hybridized carbons (Fsp3) is 0.278. The Morgan fingerprint density at radius 2 is 2.09 bits per heavy atom. The molecule has 0 aromatic heterocycles. The summed E-state index contributed by atoms with van der Waals surface area (Å²) >= 11 is 6.18. The molecule has 1 aliphatic carbocycles. The van der Waals surface area contributed by atoms with Gasteiger partial charge >= 0.3 is 0 Å². The Balaban J connectivity index is 2.21. The number of nitrogens with zero attached hydrogens (tertiary/aromatic N) is 2. The lowest BCUT2D eigenvalue weighted by atomic mass is 10.1. The Hall–Kier alpha value is -2.04. The van der Waals surface area contributed by atoms with Crippen molar-refractivity contribution >= 4 is 28.9 Å². The molecule has 0 spiro atoms. The van der Waals surface area contributed by atoms with Crippen molar-refractivity contribution in [3.63, 3.8) is 0 Å². The molecular weight excluding hydrogens is 310 g/mol. The van der Waals surface area contributed by atoms with Gasteiger partial charge in [0.25, 0.3) is 5.91 Å². The van der Waals surface area contributed by atoms with E-state index in [0.717, 1.165) is 17.1 Å². The third-order valence-corrected chi connectivity index (χ3v) is 4.31. The second-order valence-corrected chi connectivity index (χ2v) is 6.37. The highest BCUT2D eigenvalue weighted by Crippen LogP contribution is 2.39. The summed E-state index contributed by atoms with van der Waals surface area (Å²) in [5.74, 6) is -0.0369. The van der Waals surface area contributed by atoms with Gasteiger partial charge in [-0.2, -0.15) is 0 Å². The summed E-state index contributed by atoms with van der Waals surface area (Å²) < 4.78 is 0. The second-order valence-electron chi connectivity index (χ2n) is 5.94. The van der Waals surface area contributed by atoms with E-state index in [-0.39, 0.29) is 11.9 Å². The van der Waals surface area contributed by atoms with Crippen LogP contribution in [-0.2, 0) is 4.79 Å². The molecule has 1 atom stereocenters. The van der Waals surface area contributed by atoms with Crippen molar-refractivity contribution < 1.29 is 4.79 Å².